The molecule has 0 fully saturated rings. The van der Waals surface area contributed by atoms with Gasteiger partial charge in [-0.2, -0.15) is 0 Å². The molecule has 2 heteroatoms. The lowest BCUT2D eigenvalue weighted by Crippen LogP contribution is -2.36. The Morgan fingerprint density at radius 3 is 2.69 bits per heavy atom. The summed E-state index contributed by atoms with van der Waals surface area (Å²) in [5.41, 5.74) is 5.60. The van der Waals surface area contributed by atoms with Crippen LogP contribution < -0.4 is 11.1 Å². The second-order valence-electron chi connectivity index (χ2n) is 3.37. The van der Waals surface area contributed by atoms with Gasteiger partial charge in [-0.1, -0.05) is 38.5 Å². The topological polar surface area (TPSA) is 38.0 Å². The molecule has 76 valence electrons. The molecule has 0 heterocycles. The van der Waals surface area contributed by atoms with Gasteiger partial charge >= 0.3 is 0 Å². The van der Waals surface area contributed by atoms with E-state index < -0.39 is 0 Å². The third kappa shape index (κ3) is 7.83. The molecule has 2 nitrogen and oxygen atoms in total. The Balaban J connectivity index is 3.32. The van der Waals surface area contributed by atoms with Crippen LogP contribution in [0, 0.1) is 12.3 Å². The monoisotopic (exact) mass is 182 g/mol. The first-order valence-electron chi connectivity index (χ1n) is 5.22. The van der Waals surface area contributed by atoms with Crippen molar-refractivity contribution in [3.63, 3.8) is 0 Å². The number of nitrogens with one attached hydrogen (secondary N) is 1. The summed E-state index contributed by atoms with van der Waals surface area (Å²) in [5, 5.41) is 3.23. The van der Waals surface area contributed by atoms with E-state index >= 15 is 0 Å². The molecule has 3 N–H and O–H groups in total. The van der Waals surface area contributed by atoms with Gasteiger partial charge in [-0.15, -0.1) is 6.42 Å². The van der Waals surface area contributed by atoms with Gasteiger partial charge in [0.05, 0.1) is 6.54 Å². The zero-order valence-electron chi connectivity index (χ0n) is 8.68. The van der Waals surface area contributed by atoms with Gasteiger partial charge in [0.25, 0.3) is 0 Å². The highest BCUT2D eigenvalue weighted by Gasteiger charge is 2.03. The van der Waals surface area contributed by atoms with Crippen molar-refractivity contribution < 1.29 is 0 Å². The maximum absolute atomic E-state index is 5.60. The second kappa shape index (κ2) is 9.57. The van der Waals surface area contributed by atoms with Crippen molar-refractivity contribution in [1.29, 1.82) is 0 Å². The number of nitrogens with two attached hydrogens (primary N) is 1. The first-order valence-corrected chi connectivity index (χ1v) is 5.22. The Kier molecular flexibility index (Phi) is 9.18. The molecule has 0 aromatic rings. The third-order valence-electron chi connectivity index (χ3n) is 2.18. The molecule has 0 saturated carbocycles. The van der Waals surface area contributed by atoms with Crippen molar-refractivity contribution in [2.24, 2.45) is 5.73 Å². The summed E-state index contributed by atoms with van der Waals surface area (Å²) < 4.78 is 0. The maximum Gasteiger partial charge on any atom is 0.0576 e. The van der Waals surface area contributed by atoms with E-state index in [1.165, 1.54) is 25.7 Å². The van der Waals surface area contributed by atoms with Crippen LogP contribution in [0.25, 0.3) is 0 Å². The quantitative estimate of drug-likeness (QED) is 0.441. The normalized spacial score (nSPS) is 12.4. The van der Waals surface area contributed by atoms with Gasteiger partial charge in [-0.25, -0.2) is 0 Å². The molecule has 1 unspecified atom stereocenters. The molecule has 0 radical (unpaired) electrons. The van der Waals surface area contributed by atoms with E-state index in [0.717, 1.165) is 6.42 Å². The van der Waals surface area contributed by atoms with Crippen LogP contribution in [0.15, 0.2) is 0 Å². The van der Waals surface area contributed by atoms with Crippen molar-refractivity contribution in [3.05, 3.63) is 0 Å². The largest absolute Gasteiger partial charge is 0.329 e. The summed E-state index contributed by atoms with van der Waals surface area (Å²) >= 11 is 0. The van der Waals surface area contributed by atoms with Gasteiger partial charge in [0, 0.05) is 12.6 Å². The molecule has 0 aliphatic heterocycles. The number of terminal acetylenes is 1. The highest BCUT2D eigenvalue weighted by molar-refractivity contribution is 4.88. The molecular weight excluding hydrogens is 160 g/mol. The van der Waals surface area contributed by atoms with E-state index in [9.17, 15) is 0 Å². The Bertz CT molecular complexity index is 138. The summed E-state index contributed by atoms with van der Waals surface area (Å²) in [7, 11) is 0. The van der Waals surface area contributed by atoms with E-state index in [2.05, 4.69) is 18.2 Å². The van der Waals surface area contributed by atoms with Crippen molar-refractivity contribution in [1.82, 2.24) is 5.32 Å². The molecule has 0 bridgehead atoms. The molecule has 0 aliphatic carbocycles. The highest BCUT2D eigenvalue weighted by atomic mass is 14.9. The summed E-state index contributed by atoms with van der Waals surface area (Å²) in [6.45, 7) is 3.54. The van der Waals surface area contributed by atoms with Crippen LogP contribution in [0.3, 0.4) is 0 Å². The van der Waals surface area contributed by atoms with E-state index in [0.29, 0.717) is 19.1 Å². The predicted molar refractivity (Wildman–Crippen MR) is 58.4 cm³/mol. The number of rotatable bonds is 8. The summed E-state index contributed by atoms with van der Waals surface area (Å²) in [4.78, 5) is 0. The minimum atomic E-state index is 0.410. The van der Waals surface area contributed by atoms with Gasteiger partial charge in [-0.05, 0) is 6.42 Å². The summed E-state index contributed by atoms with van der Waals surface area (Å²) in [6, 6.07) is 0.410. The van der Waals surface area contributed by atoms with Crippen LogP contribution in [0.2, 0.25) is 0 Å². The maximum atomic E-state index is 5.60. The van der Waals surface area contributed by atoms with Crippen LogP contribution in [0.4, 0.5) is 0 Å². The van der Waals surface area contributed by atoms with E-state index in [1.54, 1.807) is 0 Å². The van der Waals surface area contributed by atoms with Crippen LogP contribution in [-0.2, 0) is 0 Å². The Morgan fingerprint density at radius 2 is 2.15 bits per heavy atom. The van der Waals surface area contributed by atoms with Gasteiger partial charge in [0.1, 0.15) is 0 Å². The van der Waals surface area contributed by atoms with Crippen LogP contribution >= 0.6 is 0 Å². The molecule has 13 heavy (non-hydrogen) atoms. The summed E-state index contributed by atoms with van der Waals surface area (Å²) in [6.07, 6.45) is 11.5. The summed E-state index contributed by atoms with van der Waals surface area (Å²) in [5.74, 6) is 2.57. The Labute approximate surface area is 82.3 Å². The predicted octanol–water partition coefficient (Wildman–Crippen LogP) is 1.51. The lowest BCUT2D eigenvalue weighted by Gasteiger charge is -2.14. The van der Waals surface area contributed by atoms with Crippen molar-refractivity contribution in [3.8, 4) is 12.3 Å². The minimum Gasteiger partial charge on any atom is -0.329 e. The lowest BCUT2D eigenvalue weighted by atomic mass is 10.1. The van der Waals surface area contributed by atoms with Gasteiger partial charge < -0.3 is 11.1 Å². The molecule has 0 saturated heterocycles. The van der Waals surface area contributed by atoms with Crippen molar-refractivity contribution >= 4 is 0 Å². The zero-order valence-corrected chi connectivity index (χ0v) is 8.68. The molecule has 0 amide bonds. The third-order valence-corrected chi connectivity index (χ3v) is 2.18. The zero-order chi connectivity index (χ0) is 9.94. The van der Waals surface area contributed by atoms with Gasteiger partial charge in [0.15, 0.2) is 0 Å². The van der Waals surface area contributed by atoms with Crippen molar-refractivity contribution in [2.45, 2.75) is 45.1 Å². The number of unbranched alkanes of at least 4 members (excludes halogenated alkanes) is 3. The van der Waals surface area contributed by atoms with E-state index in [4.69, 9.17) is 12.2 Å². The fourth-order valence-corrected chi connectivity index (χ4v) is 1.32. The van der Waals surface area contributed by atoms with Crippen LogP contribution in [-0.4, -0.2) is 19.1 Å². The first-order chi connectivity index (χ1) is 6.35. The van der Waals surface area contributed by atoms with Crippen LogP contribution in [0.1, 0.15) is 39.0 Å². The molecule has 1 atom stereocenters. The fraction of sp³-hybridized carbons (Fsp3) is 0.818. The Morgan fingerprint density at radius 1 is 1.38 bits per heavy atom. The number of hydrogen-bond acceptors (Lipinski definition) is 2. The standard InChI is InChI=1S/C11H22N2/c1-3-5-6-7-8-11(10-12)13-9-4-2/h2,11,13H,3,5-10,12H2,1H3. The van der Waals surface area contributed by atoms with Crippen LogP contribution in [0.5, 0.6) is 0 Å². The highest BCUT2D eigenvalue weighted by Crippen LogP contribution is 2.04. The van der Waals surface area contributed by atoms with Gasteiger partial charge in [-0.3, -0.25) is 0 Å². The SMILES string of the molecule is C#CCNC(CN)CCCCCC. The van der Waals surface area contributed by atoms with E-state index in [1.807, 2.05) is 0 Å². The minimum absolute atomic E-state index is 0.410. The average Bonchev–Trinajstić information content (AvgIpc) is 2.17. The number of hydrogen-bond donors (Lipinski definition) is 2. The smallest absolute Gasteiger partial charge is 0.0576 e. The molecular formula is C11H22N2. The molecule has 0 rings (SSSR count). The Hall–Kier alpha value is -0.520. The van der Waals surface area contributed by atoms with E-state index in [-0.39, 0.29) is 0 Å². The molecule has 0 aromatic carbocycles. The second-order valence-corrected chi connectivity index (χ2v) is 3.37. The molecule has 0 aliphatic rings. The average molecular weight is 182 g/mol. The molecule has 0 spiro atoms. The van der Waals surface area contributed by atoms with Crippen molar-refractivity contribution in [2.75, 3.05) is 13.1 Å². The first kappa shape index (κ1) is 12.5. The fourth-order valence-electron chi connectivity index (χ4n) is 1.32. The molecule has 0 aromatic heterocycles. The lowest BCUT2D eigenvalue weighted by molar-refractivity contribution is 0.482. The van der Waals surface area contributed by atoms with Gasteiger partial charge in [0.2, 0.25) is 0 Å².